The molecule has 1 aliphatic rings. The van der Waals surface area contributed by atoms with Crippen LogP contribution in [0.15, 0.2) is 0 Å². The number of halogens is 1. The quantitative estimate of drug-likeness (QED) is 0.448. The number of carbonyl (C=O) groups is 1. The summed E-state index contributed by atoms with van der Waals surface area (Å²) in [6.07, 6.45) is 3.21. The molecule has 102 valence electrons. The van der Waals surface area contributed by atoms with Gasteiger partial charge in [-0.15, -0.1) is 0 Å². The molecule has 0 N–H and O–H groups in total. The van der Waals surface area contributed by atoms with Crippen LogP contribution in [0.4, 0.5) is 0 Å². The number of hydrogen-bond donors (Lipinski definition) is 0. The van der Waals surface area contributed by atoms with Crippen molar-refractivity contribution in [3.8, 4) is 0 Å². The third-order valence-corrected chi connectivity index (χ3v) is 4.99. The third-order valence-electron chi connectivity index (χ3n) is 3.09. The van der Waals surface area contributed by atoms with Gasteiger partial charge in [0.2, 0.25) is 0 Å². The molecule has 0 radical (unpaired) electrons. The van der Waals surface area contributed by atoms with Crippen molar-refractivity contribution in [1.29, 1.82) is 0 Å². The molecular weight excluding hydrogens is 362 g/mol. The summed E-state index contributed by atoms with van der Waals surface area (Å²) in [6.45, 7) is 6.05. The van der Waals surface area contributed by atoms with Crippen molar-refractivity contribution >= 4 is 34.4 Å². The Balaban J connectivity index is 0.000000771. The van der Waals surface area contributed by atoms with Crippen molar-refractivity contribution < 1.29 is 9.53 Å². The molecule has 1 aromatic heterocycles. The molecule has 1 heterocycles. The van der Waals surface area contributed by atoms with Crippen LogP contribution in [0, 0.1) is 12.8 Å². The average Bonchev–Trinajstić information content (AvgIpc) is 2.76. The summed E-state index contributed by atoms with van der Waals surface area (Å²) in [5.41, 5.74) is 3.68. The molecule has 4 nitrogen and oxygen atoms in total. The zero-order chi connectivity index (χ0) is 13.7. The molecule has 1 aliphatic carbocycles. The molecule has 0 saturated carbocycles. The Morgan fingerprint density at radius 3 is 2.78 bits per heavy atom. The van der Waals surface area contributed by atoms with Crippen molar-refractivity contribution in [1.82, 2.24) is 9.55 Å². The maximum atomic E-state index is 11.5. The van der Waals surface area contributed by atoms with E-state index < -0.39 is 0 Å². The molecular formula is C12H20IN2O2P. The molecule has 2 unspecified atom stereocenters. The second-order valence-corrected chi connectivity index (χ2v) is 6.01. The van der Waals surface area contributed by atoms with Crippen LogP contribution in [0.2, 0.25) is 0 Å². The van der Waals surface area contributed by atoms with Gasteiger partial charge in [0.05, 0.1) is 25.1 Å². The Hall–Kier alpha value is -0.160. The smallest absolute Gasteiger partial charge is 0.309 e. The molecule has 0 bridgehead atoms. The van der Waals surface area contributed by atoms with E-state index in [1.54, 1.807) is 0 Å². The van der Waals surface area contributed by atoms with Crippen molar-refractivity contribution in [2.75, 3.05) is 7.11 Å². The fraction of sp³-hybridized carbons (Fsp3) is 0.667. The largest absolute Gasteiger partial charge is 0.469 e. The lowest BCUT2D eigenvalue weighted by Crippen LogP contribution is -2.24. The van der Waals surface area contributed by atoms with Crippen molar-refractivity contribution in [3.05, 3.63) is 17.0 Å². The van der Waals surface area contributed by atoms with E-state index in [1.807, 2.05) is 25.2 Å². The van der Waals surface area contributed by atoms with Crippen LogP contribution in [-0.4, -0.2) is 22.6 Å². The van der Waals surface area contributed by atoms with Gasteiger partial charge in [-0.1, -0.05) is 13.8 Å². The summed E-state index contributed by atoms with van der Waals surface area (Å²) in [5.74, 6) is -0.0760. The SMILES string of the molecule is CC.COC(=O)C1CCc2c(C)nn(PI)c2C1. The summed E-state index contributed by atoms with van der Waals surface area (Å²) < 4.78 is 6.84. The summed E-state index contributed by atoms with van der Waals surface area (Å²) in [5, 5.41) is 4.50. The van der Waals surface area contributed by atoms with Gasteiger partial charge in [-0.2, -0.15) is 5.10 Å². The van der Waals surface area contributed by atoms with Crippen LogP contribution in [0.1, 0.15) is 37.2 Å². The predicted molar refractivity (Wildman–Crippen MR) is 83.6 cm³/mol. The second-order valence-electron chi connectivity index (χ2n) is 3.97. The zero-order valence-corrected chi connectivity index (χ0v) is 14.4. The van der Waals surface area contributed by atoms with Crippen LogP contribution in [0.25, 0.3) is 0 Å². The van der Waals surface area contributed by atoms with Crippen LogP contribution in [-0.2, 0) is 22.4 Å². The number of carbonyl (C=O) groups excluding carboxylic acids is 1. The summed E-state index contributed by atoms with van der Waals surface area (Å²) in [6, 6.07) is 0. The first-order valence-corrected chi connectivity index (χ1v) is 10.3. The highest BCUT2D eigenvalue weighted by atomic mass is 127. The molecule has 0 spiro atoms. The number of aromatic nitrogens is 2. The van der Waals surface area contributed by atoms with Gasteiger partial charge in [-0.3, -0.25) is 4.79 Å². The number of nitrogens with zero attached hydrogens (tertiary/aromatic N) is 2. The number of aryl methyl sites for hydroxylation is 1. The van der Waals surface area contributed by atoms with E-state index in [4.69, 9.17) is 4.74 Å². The van der Waals surface area contributed by atoms with Crippen molar-refractivity contribution in [2.45, 2.75) is 40.0 Å². The monoisotopic (exact) mass is 382 g/mol. The first kappa shape index (κ1) is 15.9. The Morgan fingerprint density at radius 1 is 1.56 bits per heavy atom. The number of ether oxygens (including phenoxy) is 1. The number of methoxy groups -OCH3 is 1. The van der Waals surface area contributed by atoms with E-state index in [0.29, 0.717) is 6.37 Å². The number of rotatable bonds is 2. The fourth-order valence-electron chi connectivity index (χ4n) is 2.23. The molecule has 2 atom stereocenters. The van der Waals surface area contributed by atoms with Gasteiger partial charge in [-0.25, -0.2) is 4.45 Å². The highest BCUT2D eigenvalue weighted by Gasteiger charge is 2.29. The van der Waals surface area contributed by atoms with Gasteiger partial charge in [0.15, 0.2) is 0 Å². The molecule has 0 aromatic carbocycles. The summed E-state index contributed by atoms with van der Waals surface area (Å²) >= 11 is 2.32. The minimum atomic E-state index is -0.0900. The average molecular weight is 382 g/mol. The van der Waals surface area contributed by atoms with E-state index >= 15 is 0 Å². The molecule has 1 aromatic rings. The van der Waals surface area contributed by atoms with E-state index in [-0.39, 0.29) is 11.9 Å². The summed E-state index contributed by atoms with van der Waals surface area (Å²) in [4.78, 5) is 11.5. The van der Waals surface area contributed by atoms with Crippen LogP contribution >= 0.6 is 28.4 Å². The molecule has 0 amide bonds. The highest BCUT2D eigenvalue weighted by Crippen LogP contribution is 2.34. The fourth-order valence-corrected chi connectivity index (χ4v) is 3.95. The molecule has 0 fully saturated rings. The molecule has 0 saturated heterocycles. The van der Waals surface area contributed by atoms with Gasteiger partial charge in [-0.05, 0) is 47.4 Å². The van der Waals surface area contributed by atoms with Gasteiger partial charge in [0.1, 0.15) is 0 Å². The number of esters is 1. The third kappa shape index (κ3) is 3.23. The predicted octanol–water partition coefficient (Wildman–Crippen LogP) is 3.29. The number of hydrogen-bond acceptors (Lipinski definition) is 3. The Bertz CT molecular complexity index is 420. The van der Waals surface area contributed by atoms with Crippen LogP contribution in [0.5, 0.6) is 0 Å². The second kappa shape index (κ2) is 7.43. The van der Waals surface area contributed by atoms with Gasteiger partial charge in [0.25, 0.3) is 0 Å². The van der Waals surface area contributed by atoms with E-state index in [2.05, 4.69) is 27.1 Å². The highest BCUT2D eigenvalue weighted by molar-refractivity contribution is 14.2. The first-order chi connectivity index (χ1) is 8.67. The molecule has 2 rings (SSSR count). The molecule has 6 heteroatoms. The topological polar surface area (TPSA) is 44.1 Å². The number of fused-ring (bicyclic) bond motifs is 1. The maximum Gasteiger partial charge on any atom is 0.309 e. The minimum Gasteiger partial charge on any atom is -0.469 e. The van der Waals surface area contributed by atoms with Gasteiger partial charge < -0.3 is 4.74 Å². The van der Waals surface area contributed by atoms with Gasteiger partial charge >= 0.3 is 5.97 Å². The lowest BCUT2D eigenvalue weighted by molar-refractivity contribution is -0.145. The van der Waals surface area contributed by atoms with Crippen molar-refractivity contribution in [3.63, 3.8) is 0 Å². The van der Waals surface area contributed by atoms with E-state index in [1.165, 1.54) is 18.4 Å². The van der Waals surface area contributed by atoms with Gasteiger partial charge in [0, 0.05) is 12.1 Å². The molecule has 18 heavy (non-hydrogen) atoms. The Morgan fingerprint density at radius 2 is 2.22 bits per heavy atom. The molecule has 0 aliphatic heterocycles. The lowest BCUT2D eigenvalue weighted by Gasteiger charge is -2.20. The Kier molecular flexibility index (Phi) is 6.57. The van der Waals surface area contributed by atoms with Crippen LogP contribution < -0.4 is 0 Å². The van der Waals surface area contributed by atoms with E-state index in [0.717, 1.165) is 25.0 Å². The Labute approximate surface area is 123 Å². The normalized spacial score (nSPS) is 18.2. The first-order valence-electron chi connectivity index (χ1n) is 6.19. The minimum absolute atomic E-state index is 0.0140. The maximum absolute atomic E-state index is 11.5. The zero-order valence-electron chi connectivity index (χ0n) is 11.3. The van der Waals surface area contributed by atoms with Crippen LogP contribution in [0.3, 0.4) is 0 Å². The lowest BCUT2D eigenvalue weighted by atomic mass is 9.87. The summed E-state index contributed by atoms with van der Waals surface area (Å²) in [7, 11) is 1.46. The standard InChI is InChI=1S/C10H14IN2O2P.C2H6/c1-6-8-4-3-7(10(14)15-2)5-9(8)13(12-6)16-11;1-2/h7,16H,3-5H2,1-2H3;1-2H3. The van der Waals surface area contributed by atoms with Crippen molar-refractivity contribution in [2.24, 2.45) is 5.92 Å². The van der Waals surface area contributed by atoms with E-state index in [9.17, 15) is 4.79 Å².